The molecule has 1 aromatic carbocycles. The van der Waals surface area contributed by atoms with Gasteiger partial charge in [-0.1, -0.05) is 6.07 Å². The molecule has 1 atom stereocenters. The second-order valence-corrected chi connectivity index (χ2v) is 4.53. The second kappa shape index (κ2) is 6.69. The normalized spacial score (nSPS) is 11.7. The number of nitriles is 1. The number of benzene rings is 1. The van der Waals surface area contributed by atoms with E-state index in [1.54, 1.807) is 25.6 Å². The Morgan fingerprint density at radius 1 is 1.30 bits per heavy atom. The lowest BCUT2D eigenvalue weighted by atomic mass is 10.1. The molecule has 4 nitrogen and oxygen atoms in total. The average molecular weight is 267 g/mol. The smallest absolute Gasteiger partial charge is 0.136 e. The summed E-state index contributed by atoms with van der Waals surface area (Å²) in [6, 6.07) is 12.0. The van der Waals surface area contributed by atoms with Crippen LogP contribution in [0.5, 0.6) is 5.75 Å². The molecule has 1 aromatic heterocycles. The minimum Gasteiger partial charge on any atom is -0.495 e. The topological polar surface area (TPSA) is 57.9 Å². The summed E-state index contributed by atoms with van der Waals surface area (Å²) in [7, 11) is 1.58. The predicted octanol–water partition coefficient (Wildman–Crippen LogP) is 2.81. The monoisotopic (exact) mass is 267 g/mol. The van der Waals surface area contributed by atoms with Crippen molar-refractivity contribution in [2.75, 3.05) is 7.11 Å². The minimum absolute atomic E-state index is 0.236. The summed E-state index contributed by atoms with van der Waals surface area (Å²) in [5.41, 5.74) is 2.83. The standard InChI is InChI=1S/C16H17N3O/c1-12(14-5-7-18-8-6-14)19-11-13-3-4-15(10-17)16(9-13)20-2/h3-9,12,19H,11H2,1-2H3/t12-/m1/s1. The summed E-state index contributed by atoms with van der Waals surface area (Å²) in [6.07, 6.45) is 3.58. The highest BCUT2D eigenvalue weighted by atomic mass is 16.5. The first-order valence-corrected chi connectivity index (χ1v) is 6.45. The lowest BCUT2D eigenvalue weighted by Gasteiger charge is -2.14. The molecule has 0 saturated heterocycles. The number of hydrogen-bond acceptors (Lipinski definition) is 4. The van der Waals surface area contributed by atoms with Crippen LogP contribution < -0.4 is 10.1 Å². The Morgan fingerprint density at radius 3 is 2.70 bits per heavy atom. The van der Waals surface area contributed by atoms with Gasteiger partial charge in [-0.2, -0.15) is 5.26 Å². The van der Waals surface area contributed by atoms with Gasteiger partial charge in [0.1, 0.15) is 11.8 Å². The highest BCUT2D eigenvalue weighted by Crippen LogP contribution is 2.20. The molecule has 0 spiro atoms. The molecular formula is C16H17N3O. The summed E-state index contributed by atoms with van der Waals surface area (Å²) < 4.78 is 5.21. The molecule has 0 radical (unpaired) electrons. The van der Waals surface area contributed by atoms with Crippen molar-refractivity contribution in [3.8, 4) is 11.8 Å². The number of aromatic nitrogens is 1. The number of ether oxygens (including phenoxy) is 1. The van der Waals surface area contributed by atoms with Crippen molar-refractivity contribution in [1.82, 2.24) is 10.3 Å². The van der Waals surface area contributed by atoms with Gasteiger partial charge in [0.25, 0.3) is 0 Å². The van der Waals surface area contributed by atoms with Gasteiger partial charge in [0.15, 0.2) is 0 Å². The Balaban J connectivity index is 2.03. The molecule has 0 saturated carbocycles. The van der Waals surface area contributed by atoms with Crippen LogP contribution in [0.1, 0.15) is 29.7 Å². The highest BCUT2D eigenvalue weighted by molar-refractivity contribution is 5.45. The minimum atomic E-state index is 0.236. The zero-order chi connectivity index (χ0) is 14.4. The average Bonchev–Trinajstić information content (AvgIpc) is 2.53. The fourth-order valence-corrected chi connectivity index (χ4v) is 1.98. The first kappa shape index (κ1) is 14.0. The Morgan fingerprint density at radius 2 is 2.05 bits per heavy atom. The summed E-state index contributed by atoms with van der Waals surface area (Å²) in [6.45, 7) is 2.82. The molecule has 0 aliphatic heterocycles. The lowest BCUT2D eigenvalue weighted by Crippen LogP contribution is -2.18. The van der Waals surface area contributed by atoms with Crippen molar-refractivity contribution in [2.24, 2.45) is 0 Å². The van der Waals surface area contributed by atoms with Crippen molar-refractivity contribution >= 4 is 0 Å². The van der Waals surface area contributed by atoms with E-state index in [1.165, 1.54) is 5.56 Å². The predicted molar refractivity (Wildman–Crippen MR) is 77.2 cm³/mol. The molecule has 4 heteroatoms. The quantitative estimate of drug-likeness (QED) is 0.905. The van der Waals surface area contributed by atoms with Gasteiger partial charge in [-0.25, -0.2) is 0 Å². The van der Waals surface area contributed by atoms with Crippen LogP contribution in [0.25, 0.3) is 0 Å². The zero-order valence-corrected chi connectivity index (χ0v) is 11.6. The van der Waals surface area contributed by atoms with E-state index in [2.05, 4.69) is 23.3 Å². The van der Waals surface area contributed by atoms with Gasteiger partial charge >= 0.3 is 0 Å². The number of methoxy groups -OCH3 is 1. The van der Waals surface area contributed by atoms with Crippen molar-refractivity contribution in [1.29, 1.82) is 5.26 Å². The zero-order valence-electron chi connectivity index (χ0n) is 11.6. The maximum atomic E-state index is 8.96. The number of rotatable bonds is 5. The molecule has 0 unspecified atom stereocenters. The van der Waals surface area contributed by atoms with E-state index < -0.39 is 0 Å². The van der Waals surface area contributed by atoms with E-state index in [1.807, 2.05) is 24.3 Å². The van der Waals surface area contributed by atoms with Crippen LogP contribution in [0.2, 0.25) is 0 Å². The van der Waals surface area contributed by atoms with Crippen LogP contribution in [0, 0.1) is 11.3 Å². The molecule has 0 aliphatic rings. The molecule has 1 N–H and O–H groups in total. The van der Waals surface area contributed by atoms with Crippen molar-refractivity contribution in [3.63, 3.8) is 0 Å². The van der Waals surface area contributed by atoms with Crippen LogP contribution >= 0.6 is 0 Å². The lowest BCUT2D eigenvalue weighted by molar-refractivity contribution is 0.412. The molecule has 0 aliphatic carbocycles. The molecule has 0 amide bonds. The van der Waals surface area contributed by atoms with Gasteiger partial charge in [0, 0.05) is 25.0 Å². The Kier molecular flexibility index (Phi) is 4.70. The second-order valence-electron chi connectivity index (χ2n) is 4.53. The van der Waals surface area contributed by atoms with E-state index in [0.29, 0.717) is 17.9 Å². The van der Waals surface area contributed by atoms with E-state index in [-0.39, 0.29) is 6.04 Å². The van der Waals surface area contributed by atoms with E-state index in [9.17, 15) is 0 Å². The summed E-state index contributed by atoms with van der Waals surface area (Å²) >= 11 is 0. The van der Waals surface area contributed by atoms with Crippen LogP contribution in [0.3, 0.4) is 0 Å². The third-order valence-electron chi connectivity index (χ3n) is 3.20. The number of pyridine rings is 1. The Labute approximate surface area is 119 Å². The molecular weight excluding hydrogens is 250 g/mol. The van der Waals surface area contributed by atoms with Crippen molar-refractivity contribution in [3.05, 3.63) is 59.4 Å². The van der Waals surface area contributed by atoms with Crippen LogP contribution in [0.15, 0.2) is 42.7 Å². The third kappa shape index (κ3) is 3.34. The van der Waals surface area contributed by atoms with Gasteiger partial charge < -0.3 is 10.1 Å². The Hall–Kier alpha value is -2.38. The van der Waals surface area contributed by atoms with Crippen molar-refractivity contribution in [2.45, 2.75) is 19.5 Å². The van der Waals surface area contributed by atoms with Gasteiger partial charge in [-0.15, -0.1) is 0 Å². The van der Waals surface area contributed by atoms with E-state index >= 15 is 0 Å². The summed E-state index contributed by atoms with van der Waals surface area (Å²) in [4.78, 5) is 4.01. The maximum absolute atomic E-state index is 8.96. The molecule has 2 aromatic rings. The number of nitrogens with zero attached hydrogens (tertiary/aromatic N) is 2. The molecule has 1 heterocycles. The molecule has 0 bridgehead atoms. The van der Waals surface area contributed by atoms with Crippen LogP contribution in [-0.4, -0.2) is 12.1 Å². The van der Waals surface area contributed by atoms with Gasteiger partial charge in [-0.3, -0.25) is 4.98 Å². The van der Waals surface area contributed by atoms with Crippen molar-refractivity contribution < 1.29 is 4.74 Å². The van der Waals surface area contributed by atoms with Gasteiger partial charge in [0.05, 0.1) is 12.7 Å². The van der Waals surface area contributed by atoms with E-state index in [0.717, 1.165) is 5.56 Å². The van der Waals surface area contributed by atoms with E-state index in [4.69, 9.17) is 10.00 Å². The number of hydrogen-bond donors (Lipinski definition) is 1. The SMILES string of the molecule is COc1cc(CN[C@H](C)c2ccncc2)ccc1C#N. The first-order valence-electron chi connectivity index (χ1n) is 6.45. The highest BCUT2D eigenvalue weighted by Gasteiger charge is 2.06. The molecule has 0 fully saturated rings. The molecule has 102 valence electrons. The summed E-state index contributed by atoms with van der Waals surface area (Å²) in [5, 5.41) is 12.4. The number of nitrogens with one attached hydrogen (secondary N) is 1. The fraction of sp³-hybridized carbons (Fsp3) is 0.250. The van der Waals surface area contributed by atoms with Crippen LogP contribution in [0.4, 0.5) is 0 Å². The molecule has 2 rings (SSSR count). The maximum Gasteiger partial charge on any atom is 0.136 e. The Bertz CT molecular complexity index is 605. The molecule has 20 heavy (non-hydrogen) atoms. The van der Waals surface area contributed by atoms with Gasteiger partial charge in [-0.05, 0) is 42.3 Å². The fourth-order valence-electron chi connectivity index (χ4n) is 1.98. The third-order valence-corrected chi connectivity index (χ3v) is 3.20. The first-order chi connectivity index (χ1) is 9.74. The van der Waals surface area contributed by atoms with Crippen LogP contribution in [-0.2, 0) is 6.54 Å². The van der Waals surface area contributed by atoms with Gasteiger partial charge in [0.2, 0.25) is 0 Å². The summed E-state index contributed by atoms with van der Waals surface area (Å²) in [5.74, 6) is 0.614. The largest absolute Gasteiger partial charge is 0.495 e.